The van der Waals surface area contributed by atoms with Crippen LogP contribution in [0, 0.1) is 5.92 Å². The maximum Gasteiger partial charge on any atom is 0.303 e. The molecule has 18 heavy (non-hydrogen) atoms. The highest BCUT2D eigenvalue weighted by Crippen LogP contribution is 2.20. The van der Waals surface area contributed by atoms with Crippen molar-refractivity contribution >= 4 is 11.9 Å². The van der Waals surface area contributed by atoms with Crippen LogP contribution in [0.25, 0.3) is 0 Å². The van der Waals surface area contributed by atoms with Crippen molar-refractivity contribution in [3.05, 3.63) is 0 Å². The van der Waals surface area contributed by atoms with E-state index < -0.39 is 12.0 Å². The lowest BCUT2D eigenvalue weighted by molar-refractivity contribution is -0.141. The number of carboxylic acids is 1. The SMILES string of the molecule is CCCC[C@H](N)C(=O)N1CCCC(CC(=O)O)C1. The Kier molecular flexibility index (Phi) is 6.12. The average Bonchev–Trinajstić information content (AvgIpc) is 2.34. The summed E-state index contributed by atoms with van der Waals surface area (Å²) in [6, 6.07) is -0.423. The Balaban J connectivity index is 2.44. The molecule has 5 heteroatoms. The number of rotatable bonds is 6. The molecule has 1 aliphatic rings. The minimum absolute atomic E-state index is 0.0152. The summed E-state index contributed by atoms with van der Waals surface area (Å²) in [6.07, 6.45) is 4.62. The second-order valence-electron chi connectivity index (χ2n) is 5.14. The fourth-order valence-corrected chi connectivity index (χ4v) is 2.46. The van der Waals surface area contributed by atoms with E-state index in [2.05, 4.69) is 6.92 Å². The van der Waals surface area contributed by atoms with Crippen LogP contribution >= 0.6 is 0 Å². The number of nitrogens with zero attached hydrogens (tertiary/aromatic N) is 1. The van der Waals surface area contributed by atoms with Crippen LogP contribution in [0.1, 0.15) is 45.4 Å². The zero-order valence-corrected chi connectivity index (χ0v) is 11.1. The molecule has 1 rings (SSSR count). The van der Waals surface area contributed by atoms with Crippen LogP contribution in [0.2, 0.25) is 0 Å². The summed E-state index contributed by atoms with van der Waals surface area (Å²) in [7, 11) is 0. The Morgan fingerprint density at radius 3 is 2.83 bits per heavy atom. The topological polar surface area (TPSA) is 83.6 Å². The minimum atomic E-state index is -0.787. The standard InChI is InChI=1S/C13H24N2O3/c1-2-3-6-11(14)13(18)15-7-4-5-10(9-15)8-12(16)17/h10-11H,2-9,14H2,1H3,(H,16,17)/t10?,11-/m0/s1. The summed E-state index contributed by atoms with van der Waals surface area (Å²) < 4.78 is 0. The van der Waals surface area contributed by atoms with E-state index in [0.717, 1.165) is 38.6 Å². The molecule has 5 nitrogen and oxygen atoms in total. The molecule has 1 saturated heterocycles. The molecule has 0 aromatic rings. The van der Waals surface area contributed by atoms with Gasteiger partial charge < -0.3 is 15.7 Å². The van der Waals surface area contributed by atoms with Crippen LogP contribution in [0.3, 0.4) is 0 Å². The van der Waals surface area contributed by atoms with Gasteiger partial charge in [0, 0.05) is 19.5 Å². The van der Waals surface area contributed by atoms with Crippen LogP contribution in [0.5, 0.6) is 0 Å². The van der Waals surface area contributed by atoms with Gasteiger partial charge in [0.25, 0.3) is 0 Å². The number of hydrogen-bond donors (Lipinski definition) is 2. The van der Waals surface area contributed by atoms with E-state index >= 15 is 0 Å². The number of carbonyl (C=O) groups is 2. The van der Waals surface area contributed by atoms with Gasteiger partial charge >= 0.3 is 5.97 Å². The third kappa shape index (κ3) is 4.64. The Bertz CT molecular complexity index is 294. The number of amides is 1. The maximum atomic E-state index is 12.1. The highest BCUT2D eigenvalue weighted by molar-refractivity contribution is 5.81. The molecule has 0 saturated carbocycles. The number of unbranched alkanes of at least 4 members (excludes halogenated alkanes) is 1. The molecular weight excluding hydrogens is 232 g/mol. The van der Waals surface area contributed by atoms with Crippen molar-refractivity contribution in [1.29, 1.82) is 0 Å². The smallest absolute Gasteiger partial charge is 0.303 e. The molecule has 0 aliphatic carbocycles. The van der Waals surface area contributed by atoms with Gasteiger partial charge in [0.05, 0.1) is 6.04 Å². The number of carbonyl (C=O) groups excluding carboxylic acids is 1. The van der Waals surface area contributed by atoms with Crippen molar-refractivity contribution in [3.63, 3.8) is 0 Å². The van der Waals surface area contributed by atoms with E-state index in [1.165, 1.54) is 0 Å². The number of piperidine rings is 1. The van der Waals surface area contributed by atoms with Crippen LogP contribution in [0.15, 0.2) is 0 Å². The summed E-state index contributed by atoms with van der Waals surface area (Å²) in [5.41, 5.74) is 5.87. The molecule has 0 aromatic carbocycles. The lowest BCUT2D eigenvalue weighted by Gasteiger charge is -2.33. The molecule has 0 radical (unpaired) electrons. The molecule has 2 atom stereocenters. The van der Waals surface area contributed by atoms with Crippen molar-refractivity contribution in [2.24, 2.45) is 11.7 Å². The van der Waals surface area contributed by atoms with Gasteiger partial charge in [-0.15, -0.1) is 0 Å². The first-order valence-corrected chi connectivity index (χ1v) is 6.80. The summed E-state index contributed by atoms with van der Waals surface area (Å²) in [5, 5.41) is 8.79. The quantitative estimate of drug-likeness (QED) is 0.748. The Morgan fingerprint density at radius 1 is 1.50 bits per heavy atom. The summed E-state index contributed by atoms with van der Waals surface area (Å²) in [6.45, 7) is 3.33. The molecular formula is C13H24N2O3. The van der Waals surface area contributed by atoms with E-state index in [-0.39, 0.29) is 18.2 Å². The van der Waals surface area contributed by atoms with Crippen molar-refractivity contribution < 1.29 is 14.7 Å². The van der Waals surface area contributed by atoms with Gasteiger partial charge in [0.15, 0.2) is 0 Å². The van der Waals surface area contributed by atoms with E-state index in [1.807, 2.05) is 0 Å². The zero-order chi connectivity index (χ0) is 13.5. The molecule has 104 valence electrons. The summed E-state index contributed by atoms with van der Waals surface area (Å²) >= 11 is 0. The predicted octanol–water partition coefficient (Wildman–Crippen LogP) is 1.22. The number of aliphatic carboxylic acids is 1. The number of carboxylic acid groups (broad SMARTS) is 1. The zero-order valence-electron chi connectivity index (χ0n) is 11.1. The van der Waals surface area contributed by atoms with Crippen LogP contribution in [-0.2, 0) is 9.59 Å². The Morgan fingerprint density at radius 2 is 2.22 bits per heavy atom. The fourth-order valence-electron chi connectivity index (χ4n) is 2.46. The fraction of sp³-hybridized carbons (Fsp3) is 0.846. The largest absolute Gasteiger partial charge is 0.481 e. The van der Waals surface area contributed by atoms with E-state index in [1.54, 1.807) is 4.90 Å². The summed E-state index contributed by atoms with van der Waals surface area (Å²) in [4.78, 5) is 24.5. The minimum Gasteiger partial charge on any atom is -0.481 e. The average molecular weight is 256 g/mol. The molecule has 0 bridgehead atoms. The first kappa shape index (κ1) is 15.0. The molecule has 1 heterocycles. The van der Waals surface area contributed by atoms with Crippen molar-refractivity contribution in [2.75, 3.05) is 13.1 Å². The molecule has 0 spiro atoms. The molecule has 3 N–H and O–H groups in total. The number of hydrogen-bond acceptors (Lipinski definition) is 3. The Labute approximate surface area is 108 Å². The number of nitrogens with two attached hydrogens (primary N) is 1. The van der Waals surface area contributed by atoms with Gasteiger partial charge in [-0.1, -0.05) is 19.8 Å². The predicted molar refractivity (Wildman–Crippen MR) is 69.1 cm³/mol. The van der Waals surface area contributed by atoms with Gasteiger partial charge in [0.1, 0.15) is 0 Å². The van der Waals surface area contributed by atoms with Crippen molar-refractivity contribution in [1.82, 2.24) is 4.90 Å². The van der Waals surface area contributed by atoms with E-state index in [9.17, 15) is 9.59 Å². The van der Waals surface area contributed by atoms with Gasteiger partial charge in [-0.05, 0) is 25.2 Å². The van der Waals surface area contributed by atoms with E-state index in [0.29, 0.717) is 6.54 Å². The van der Waals surface area contributed by atoms with Gasteiger partial charge in [-0.25, -0.2) is 0 Å². The third-order valence-corrected chi connectivity index (χ3v) is 3.48. The molecule has 1 fully saturated rings. The van der Waals surface area contributed by atoms with Gasteiger partial charge in [-0.3, -0.25) is 9.59 Å². The number of likely N-dealkylation sites (tertiary alicyclic amines) is 1. The first-order chi connectivity index (χ1) is 8.54. The van der Waals surface area contributed by atoms with Crippen LogP contribution < -0.4 is 5.73 Å². The monoisotopic (exact) mass is 256 g/mol. The molecule has 1 amide bonds. The lowest BCUT2D eigenvalue weighted by Crippen LogP contribution is -2.48. The first-order valence-electron chi connectivity index (χ1n) is 6.80. The molecule has 0 aromatic heterocycles. The van der Waals surface area contributed by atoms with Crippen LogP contribution in [0.4, 0.5) is 0 Å². The van der Waals surface area contributed by atoms with Crippen LogP contribution in [-0.4, -0.2) is 41.0 Å². The molecule has 1 aliphatic heterocycles. The van der Waals surface area contributed by atoms with Gasteiger partial charge in [-0.2, -0.15) is 0 Å². The lowest BCUT2D eigenvalue weighted by atomic mass is 9.94. The second kappa shape index (κ2) is 7.36. The normalized spacial score (nSPS) is 21.7. The highest BCUT2D eigenvalue weighted by Gasteiger charge is 2.27. The van der Waals surface area contributed by atoms with Gasteiger partial charge in [0.2, 0.25) is 5.91 Å². The van der Waals surface area contributed by atoms with E-state index in [4.69, 9.17) is 10.8 Å². The third-order valence-electron chi connectivity index (χ3n) is 3.48. The summed E-state index contributed by atoms with van der Waals surface area (Å²) in [5.74, 6) is -0.721. The maximum absolute atomic E-state index is 12.1. The second-order valence-corrected chi connectivity index (χ2v) is 5.14. The van der Waals surface area contributed by atoms with Crippen molar-refractivity contribution in [2.45, 2.75) is 51.5 Å². The molecule has 1 unspecified atom stereocenters. The van der Waals surface area contributed by atoms with Crippen molar-refractivity contribution in [3.8, 4) is 0 Å². The Hall–Kier alpha value is -1.10. The highest BCUT2D eigenvalue weighted by atomic mass is 16.4.